The van der Waals surface area contributed by atoms with Crippen LogP contribution in [-0.2, 0) is 9.47 Å². The average molecular weight is 209 g/mol. The van der Waals surface area contributed by atoms with Crippen molar-refractivity contribution in [2.45, 2.75) is 44.4 Å². The Labute approximate surface area is 82.6 Å². The minimum atomic E-state index is -2.65. The Bertz CT molecular complexity index is 185. The molecule has 3 nitrogen and oxygen atoms in total. The van der Waals surface area contributed by atoms with Crippen molar-refractivity contribution < 1.29 is 18.3 Å². The van der Waals surface area contributed by atoms with Crippen molar-refractivity contribution in [3.63, 3.8) is 0 Å². The van der Waals surface area contributed by atoms with Gasteiger partial charge < -0.3 is 15.2 Å². The lowest BCUT2D eigenvalue weighted by Crippen LogP contribution is -2.66. The van der Waals surface area contributed by atoms with E-state index >= 15 is 0 Å². The van der Waals surface area contributed by atoms with Crippen LogP contribution >= 0.6 is 0 Å². The van der Waals surface area contributed by atoms with Crippen molar-refractivity contribution >= 4 is 0 Å². The van der Waals surface area contributed by atoms with Crippen molar-refractivity contribution in [3.05, 3.63) is 0 Å². The summed E-state index contributed by atoms with van der Waals surface area (Å²) in [7, 11) is 0. The molecule has 1 rings (SSSR count). The Morgan fingerprint density at radius 2 is 1.64 bits per heavy atom. The van der Waals surface area contributed by atoms with E-state index in [0.29, 0.717) is 13.2 Å². The predicted molar refractivity (Wildman–Crippen MR) is 48.1 cm³/mol. The second-order valence-corrected chi connectivity index (χ2v) is 3.69. The normalized spacial score (nSPS) is 23.6. The zero-order chi connectivity index (χ0) is 10.8. The van der Waals surface area contributed by atoms with Crippen molar-refractivity contribution in [2.24, 2.45) is 5.73 Å². The van der Waals surface area contributed by atoms with Crippen LogP contribution in [0.15, 0.2) is 0 Å². The highest BCUT2D eigenvalue weighted by Crippen LogP contribution is 2.46. The fraction of sp³-hybridized carbons (Fsp3) is 1.00. The minimum absolute atomic E-state index is 0.356. The van der Waals surface area contributed by atoms with Gasteiger partial charge in [0, 0.05) is 26.1 Å². The van der Waals surface area contributed by atoms with E-state index in [-0.39, 0.29) is 12.8 Å². The number of alkyl halides is 2. The van der Waals surface area contributed by atoms with Gasteiger partial charge in [-0.2, -0.15) is 0 Å². The van der Waals surface area contributed by atoms with Crippen LogP contribution in [0.5, 0.6) is 0 Å². The summed E-state index contributed by atoms with van der Waals surface area (Å²) < 4.78 is 35.8. The molecule has 0 aromatic carbocycles. The van der Waals surface area contributed by atoms with Gasteiger partial charge in [-0.3, -0.25) is 0 Å². The second kappa shape index (κ2) is 4.08. The molecule has 0 bridgehead atoms. The topological polar surface area (TPSA) is 44.5 Å². The summed E-state index contributed by atoms with van der Waals surface area (Å²) in [5.41, 5.74) is 4.75. The summed E-state index contributed by atoms with van der Waals surface area (Å²) in [6.45, 7) is 4.39. The van der Waals surface area contributed by atoms with E-state index in [4.69, 9.17) is 15.2 Å². The first-order chi connectivity index (χ1) is 6.43. The molecule has 2 N–H and O–H groups in total. The van der Waals surface area contributed by atoms with Crippen LogP contribution in [-0.4, -0.2) is 31.0 Å². The van der Waals surface area contributed by atoms with E-state index in [1.54, 1.807) is 13.8 Å². The van der Waals surface area contributed by atoms with Gasteiger partial charge in [0.05, 0.1) is 5.54 Å². The third kappa shape index (κ3) is 2.40. The van der Waals surface area contributed by atoms with Crippen LogP contribution < -0.4 is 5.73 Å². The molecule has 0 spiro atoms. The van der Waals surface area contributed by atoms with Gasteiger partial charge in [-0.25, -0.2) is 8.78 Å². The van der Waals surface area contributed by atoms with Gasteiger partial charge in [0.2, 0.25) is 0 Å². The maximum Gasteiger partial charge on any atom is 0.252 e. The summed E-state index contributed by atoms with van der Waals surface area (Å²) in [6.07, 6.45) is -1.42. The van der Waals surface area contributed by atoms with Crippen molar-refractivity contribution in [1.29, 1.82) is 0 Å². The van der Waals surface area contributed by atoms with Crippen molar-refractivity contribution in [3.8, 4) is 0 Å². The molecule has 1 aliphatic rings. The third-order valence-electron chi connectivity index (χ3n) is 2.28. The third-order valence-corrected chi connectivity index (χ3v) is 2.28. The van der Waals surface area contributed by atoms with E-state index in [2.05, 4.69) is 0 Å². The summed E-state index contributed by atoms with van der Waals surface area (Å²) in [4.78, 5) is 0. The molecule has 1 fully saturated rings. The molecule has 0 aromatic heterocycles. The quantitative estimate of drug-likeness (QED) is 0.698. The van der Waals surface area contributed by atoms with Crippen LogP contribution in [0.1, 0.15) is 26.7 Å². The number of nitrogens with two attached hydrogens (primary N) is 1. The molecule has 0 saturated heterocycles. The standard InChI is InChI=1S/C9H17F2NO2/c1-3-13-7(14-4-2)8(12)5-9(10,11)6-8/h7H,3-6,12H2,1-2H3. The van der Waals surface area contributed by atoms with Crippen molar-refractivity contribution in [2.75, 3.05) is 13.2 Å². The number of ether oxygens (including phenoxy) is 2. The zero-order valence-corrected chi connectivity index (χ0v) is 8.56. The SMILES string of the molecule is CCOC(OCC)C1(N)CC(F)(F)C1. The van der Waals surface area contributed by atoms with Crippen molar-refractivity contribution in [1.82, 2.24) is 0 Å². The summed E-state index contributed by atoms with van der Waals surface area (Å²) in [5.74, 6) is -2.65. The van der Waals surface area contributed by atoms with Gasteiger partial charge in [-0.15, -0.1) is 0 Å². The van der Waals surface area contributed by atoms with Gasteiger partial charge >= 0.3 is 0 Å². The fourth-order valence-corrected chi connectivity index (χ4v) is 1.76. The lowest BCUT2D eigenvalue weighted by atomic mass is 9.73. The molecule has 84 valence electrons. The van der Waals surface area contributed by atoms with Gasteiger partial charge in [-0.1, -0.05) is 0 Å². The van der Waals surface area contributed by atoms with Crippen LogP contribution in [0.2, 0.25) is 0 Å². The molecular formula is C9H17F2NO2. The van der Waals surface area contributed by atoms with Gasteiger partial charge in [0.1, 0.15) is 0 Å². The number of hydrogen-bond acceptors (Lipinski definition) is 3. The molecular weight excluding hydrogens is 192 g/mol. The molecule has 5 heteroatoms. The molecule has 0 atom stereocenters. The maximum absolute atomic E-state index is 12.7. The lowest BCUT2D eigenvalue weighted by Gasteiger charge is -2.48. The molecule has 1 aliphatic carbocycles. The zero-order valence-electron chi connectivity index (χ0n) is 8.56. The fourth-order valence-electron chi connectivity index (χ4n) is 1.76. The van der Waals surface area contributed by atoms with E-state index in [1.165, 1.54) is 0 Å². The van der Waals surface area contributed by atoms with Crippen LogP contribution in [0.3, 0.4) is 0 Å². The monoisotopic (exact) mass is 209 g/mol. The highest BCUT2D eigenvalue weighted by molar-refractivity contribution is 5.06. The summed E-state index contributed by atoms with van der Waals surface area (Å²) in [5, 5.41) is 0. The smallest absolute Gasteiger partial charge is 0.252 e. The van der Waals surface area contributed by atoms with E-state index < -0.39 is 17.8 Å². The second-order valence-electron chi connectivity index (χ2n) is 3.69. The molecule has 0 aliphatic heterocycles. The molecule has 0 unspecified atom stereocenters. The van der Waals surface area contributed by atoms with Gasteiger partial charge in [0.25, 0.3) is 5.92 Å². The Morgan fingerprint density at radius 3 is 1.93 bits per heavy atom. The molecule has 0 amide bonds. The Morgan fingerprint density at radius 1 is 1.21 bits per heavy atom. The minimum Gasteiger partial charge on any atom is -0.351 e. The lowest BCUT2D eigenvalue weighted by molar-refractivity contribution is -0.242. The Kier molecular flexibility index (Phi) is 3.44. The molecule has 14 heavy (non-hydrogen) atoms. The van der Waals surface area contributed by atoms with Gasteiger partial charge in [-0.05, 0) is 13.8 Å². The van der Waals surface area contributed by atoms with Gasteiger partial charge in [0.15, 0.2) is 6.29 Å². The largest absolute Gasteiger partial charge is 0.351 e. The number of rotatable bonds is 5. The Hall–Kier alpha value is -0.260. The highest BCUT2D eigenvalue weighted by Gasteiger charge is 2.59. The highest BCUT2D eigenvalue weighted by atomic mass is 19.3. The summed E-state index contributed by atoms with van der Waals surface area (Å²) in [6, 6.07) is 0. The van der Waals surface area contributed by atoms with E-state index in [9.17, 15) is 8.78 Å². The maximum atomic E-state index is 12.7. The molecule has 0 aromatic rings. The molecule has 1 saturated carbocycles. The Balaban J connectivity index is 2.51. The average Bonchev–Trinajstić information content (AvgIpc) is 2.00. The van der Waals surface area contributed by atoms with E-state index in [1.807, 2.05) is 0 Å². The molecule has 0 radical (unpaired) electrons. The van der Waals surface area contributed by atoms with E-state index in [0.717, 1.165) is 0 Å². The molecule has 0 heterocycles. The van der Waals surface area contributed by atoms with Crippen LogP contribution in [0, 0.1) is 0 Å². The number of hydrogen-bond donors (Lipinski definition) is 1. The first-order valence-electron chi connectivity index (χ1n) is 4.83. The first-order valence-corrected chi connectivity index (χ1v) is 4.83. The predicted octanol–water partition coefficient (Wildman–Crippen LogP) is 1.51. The summed E-state index contributed by atoms with van der Waals surface area (Å²) >= 11 is 0. The first kappa shape index (κ1) is 11.8. The van der Waals surface area contributed by atoms with Crippen LogP contribution in [0.25, 0.3) is 0 Å². The number of halogens is 2. The van der Waals surface area contributed by atoms with Crippen LogP contribution in [0.4, 0.5) is 8.78 Å².